The van der Waals surface area contributed by atoms with Gasteiger partial charge in [-0.2, -0.15) is 0 Å². The molecule has 1 fully saturated rings. The molecule has 0 aromatic heterocycles. The molecule has 0 radical (unpaired) electrons. The van der Waals surface area contributed by atoms with Crippen LogP contribution in [0.2, 0.25) is 0 Å². The molecule has 0 bridgehead atoms. The van der Waals surface area contributed by atoms with Crippen LogP contribution in [-0.4, -0.2) is 59.7 Å². The summed E-state index contributed by atoms with van der Waals surface area (Å²) in [5.74, 6) is -1.01. The predicted molar refractivity (Wildman–Crippen MR) is 87.5 cm³/mol. The van der Waals surface area contributed by atoms with Gasteiger partial charge in [0.15, 0.2) is 0 Å². The molecule has 1 aliphatic rings. The summed E-state index contributed by atoms with van der Waals surface area (Å²) in [6, 6.07) is 9.48. The molecule has 1 saturated heterocycles. The fourth-order valence-corrected chi connectivity index (χ4v) is 3.71. The number of likely N-dealkylation sites (N-methyl/N-ethyl adjacent to an activating group) is 2. The van der Waals surface area contributed by atoms with Crippen LogP contribution in [0.25, 0.3) is 0 Å². The molecule has 1 heterocycles. The standard InChI is InChI=1S/C16H20N2O4S/c1-4-22-15(21)16(23-11-12-8-6-5-7-9-12)14(20)17(2)10-13(19)18(16)3/h5-9H,4,10-11H2,1-3H3. The number of piperazine rings is 1. The Bertz CT molecular complexity index is 607. The minimum absolute atomic E-state index is 0.0393. The first-order valence-electron chi connectivity index (χ1n) is 7.30. The van der Waals surface area contributed by atoms with Crippen molar-refractivity contribution in [1.29, 1.82) is 0 Å². The minimum atomic E-state index is -1.67. The summed E-state index contributed by atoms with van der Waals surface area (Å²) >= 11 is 1.11. The zero-order valence-corrected chi connectivity index (χ0v) is 14.3. The van der Waals surface area contributed by atoms with Gasteiger partial charge in [0.2, 0.25) is 5.91 Å². The number of benzene rings is 1. The number of amides is 2. The number of carbonyl (C=O) groups excluding carboxylic acids is 3. The van der Waals surface area contributed by atoms with E-state index in [0.29, 0.717) is 5.75 Å². The van der Waals surface area contributed by atoms with Gasteiger partial charge in [0, 0.05) is 19.8 Å². The highest BCUT2D eigenvalue weighted by atomic mass is 32.2. The van der Waals surface area contributed by atoms with E-state index < -0.39 is 16.7 Å². The van der Waals surface area contributed by atoms with Crippen LogP contribution < -0.4 is 0 Å². The van der Waals surface area contributed by atoms with Crippen LogP contribution in [-0.2, 0) is 24.9 Å². The van der Waals surface area contributed by atoms with Crippen molar-refractivity contribution in [1.82, 2.24) is 9.80 Å². The molecule has 0 spiro atoms. The van der Waals surface area contributed by atoms with Crippen LogP contribution in [0.4, 0.5) is 0 Å². The number of ether oxygens (including phenoxy) is 1. The van der Waals surface area contributed by atoms with Gasteiger partial charge in [0.25, 0.3) is 10.8 Å². The summed E-state index contributed by atoms with van der Waals surface area (Å²) in [7, 11) is 2.99. The van der Waals surface area contributed by atoms with Crippen LogP contribution in [0.1, 0.15) is 12.5 Å². The van der Waals surface area contributed by atoms with Crippen molar-refractivity contribution >= 4 is 29.5 Å². The van der Waals surface area contributed by atoms with Crippen molar-refractivity contribution < 1.29 is 19.1 Å². The van der Waals surface area contributed by atoms with Crippen molar-refractivity contribution in [2.24, 2.45) is 0 Å². The summed E-state index contributed by atoms with van der Waals surface area (Å²) < 4.78 is 5.11. The highest BCUT2D eigenvalue weighted by Crippen LogP contribution is 2.37. The lowest BCUT2D eigenvalue weighted by Gasteiger charge is -2.43. The molecule has 7 heteroatoms. The van der Waals surface area contributed by atoms with Crippen LogP contribution in [0.5, 0.6) is 0 Å². The van der Waals surface area contributed by atoms with Gasteiger partial charge in [-0.15, -0.1) is 11.8 Å². The maximum absolute atomic E-state index is 12.8. The highest BCUT2D eigenvalue weighted by molar-refractivity contribution is 8.01. The van der Waals surface area contributed by atoms with Gasteiger partial charge in [-0.3, -0.25) is 9.59 Å². The zero-order valence-electron chi connectivity index (χ0n) is 13.4. The molecule has 2 rings (SSSR count). The smallest absolute Gasteiger partial charge is 0.352 e. The quantitative estimate of drug-likeness (QED) is 0.595. The van der Waals surface area contributed by atoms with E-state index in [4.69, 9.17) is 4.74 Å². The van der Waals surface area contributed by atoms with Crippen LogP contribution in [0.3, 0.4) is 0 Å². The Hall–Kier alpha value is -2.02. The molecule has 6 nitrogen and oxygen atoms in total. The molecular weight excluding hydrogens is 316 g/mol. The Balaban J connectivity index is 2.36. The molecule has 124 valence electrons. The van der Waals surface area contributed by atoms with Gasteiger partial charge in [0.1, 0.15) is 0 Å². The fourth-order valence-electron chi connectivity index (χ4n) is 2.39. The van der Waals surface area contributed by atoms with E-state index in [2.05, 4.69) is 0 Å². The first-order valence-corrected chi connectivity index (χ1v) is 8.29. The molecule has 1 atom stereocenters. The SMILES string of the molecule is CCOC(=O)C1(SCc2ccccc2)C(=O)N(C)CC(=O)N1C. The molecule has 2 amide bonds. The van der Waals surface area contributed by atoms with E-state index >= 15 is 0 Å². The van der Waals surface area contributed by atoms with Crippen LogP contribution in [0, 0.1) is 0 Å². The van der Waals surface area contributed by atoms with Gasteiger partial charge in [-0.05, 0) is 12.5 Å². The van der Waals surface area contributed by atoms with Crippen LogP contribution in [0.15, 0.2) is 30.3 Å². The molecule has 0 saturated carbocycles. The van der Waals surface area contributed by atoms with E-state index in [-0.39, 0.29) is 19.1 Å². The van der Waals surface area contributed by atoms with Crippen LogP contribution >= 0.6 is 11.8 Å². The average molecular weight is 336 g/mol. The molecular formula is C16H20N2O4S. The molecule has 23 heavy (non-hydrogen) atoms. The Morgan fingerprint density at radius 3 is 2.52 bits per heavy atom. The topological polar surface area (TPSA) is 66.9 Å². The number of hydrogen-bond donors (Lipinski definition) is 0. The second-order valence-electron chi connectivity index (χ2n) is 5.25. The van der Waals surface area contributed by atoms with E-state index in [1.54, 1.807) is 6.92 Å². The molecule has 1 aromatic carbocycles. The Labute approximate surface area is 139 Å². The third-order valence-corrected chi connectivity index (χ3v) is 5.21. The first kappa shape index (κ1) is 17.3. The van der Waals surface area contributed by atoms with Gasteiger partial charge in [-0.25, -0.2) is 4.79 Å². The average Bonchev–Trinajstić information content (AvgIpc) is 2.54. The van der Waals surface area contributed by atoms with Gasteiger partial charge >= 0.3 is 5.97 Å². The molecule has 0 N–H and O–H groups in total. The number of rotatable bonds is 5. The second kappa shape index (κ2) is 7.04. The second-order valence-corrected chi connectivity index (χ2v) is 6.42. The molecule has 1 aliphatic heterocycles. The van der Waals surface area contributed by atoms with E-state index in [1.807, 2.05) is 30.3 Å². The highest BCUT2D eigenvalue weighted by Gasteiger charge is 2.57. The number of carbonyl (C=O) groups is 3. The third-order valence-electron chi connectivity index (χ3n) is 3.70. The lowest BCUT2D eigenvalue weighted by atomic mass is 10.1. The minimum Gasteiger partial charge on any atom is -0.463 e. The predicted octanol–water partition coefficient (Wildman–Crippen LogP) is 1.11. The van der Waals surface area contributed by atoms with Crippen molar-refractivity contribution in [2.75, 3.05) is 27.2 Å². The van der Waals surface area contributed by atoms with Crippen molar-refractivity contribution in [3.05, 3.63) is 35.9 Å². The third kappa shape index (κ3) is 3.19. The fraction of sp³-hybridized carbons (Fsp3) is 0.438. The number of thioether (sulfide) groups is 1. The summed E-state index contributed by atoms with van der Waals surface area (Å²) in [6.45, 7) is 1.78. The zero-order chi connectivity index (χ0) is 17.0. The lowest BCUT2D eigenvalue weighted by Crippen LogP contribution is -2.68. The lowest BCUT2D eigenvalue weighted by molar-refractivity contribution is -0.169. The Morgan fingerprint density at radius 1 is 1.26 bits per heavy atom. The van der Waals surface area contributed by atoms with Gasteiger partial charge in [0.05, 0.1) is 13.2 Å². The van der Waals surface area contributed by atoms with Crippen molar-refractivity contribution in [3.63, 3.8) is 0 Å². The summed E-state index contributed by atoms with van der Waals surface area (Å²) in [5.41, 5.74) is 0.961. The Morgan fingerprint density at radius 2 is 1.91 bits per heavy atom. The number of nitrogens with zero attached hydrogens (tertiary/aromatic N) is 2. The maximum Gasteiger partial charge on any atom is 0.352 e. The van der Waals surface area contributed by atoms with E-state index in [9.17, 15) is 14.4 Å². The van der Waals surface area contributed by atoms with Gasteiger partial charge in [-0.1, -0.05) is 30.3 Å². The number of hydrogen-bond acceptors (Lipinski definition) is 5. The normalized spacial score (nSPS) is 21.5. The van der Waals surface area contributed by atoms with E-state index in [1.165, 1.54) is 23.9 Å². The monoisotopic (exact) mass is 336 g/mol. The van der Waals surface area contributed by atoms with E-state index in [0.717, 1.165) is 17.3 Å². The first-order chi connectivity index (χ1) is 10.9. The molecule has 0 aliphatic carbocycles. The molecule has 1 aromatic rings. The maximum atomic E-state index is 12.8. The number of esters is 1. The summed E-state index contributed by atoms with van der Waals surface area (Å²) in [6.07, 6.45) is 0. The van der Waals surface area contributed by atoms with Crippen molar-refractivity contribution in [2.45, 2.75) is 17.5 Å². The summed E-state index contributed by atoms with van der Waals surface area (Å²) in [4.78, 5) is 38.3. The molecule has 1 unspecified atom stereocenters. The van der Waals surface area contributed by atoms with Crippen molar-refractivity contribution in [3.8, 4) is 0 Å². The van der Waals surface area contributed by atoms with Gasteiger partial charge < -0.3 is 14.5 Å². The summed E-state index contributed by atoms with van der Waals surface area (Å²) in [5, 5.41) is 0. The largest absolute Gasteiger partial charge is 0.463 e. The Kier molecular flexibility index (Phi) is 5.30.